The molecule has 1 amide bonds. The minimum absolute atomic E-state index is 0.00719. The van der Waals surface area contributed by atoms with Crippen molar-refractivity contribution in [2.24, 2.45) is 0 Å². The Hall–Kier alpha value is -2.20. The van der Waals surface area contributed by atoms with Gasteiger partial charge >= 0.3 is 6.18 Å². The topological polar surface area (TPSA) is 61.6 Å². The first-order chi connectivity index (χ1) is 15.3. The second-order valence-corrected chi connectivity index (χ2v) is 9.06. The molecule has 32 heavy (non-hydrogen) atoms. The highest BCUT2D eigenvalue weighted by atomic mass is 19.4. The fraction of sp³-hybridized carbons (Fsp3) is 0.636. The lowest BCUT2D eigenvalue weighted by molar-refractivity contribution is -0.137. The number of hydrogen-bond donors (Lipinski definition) is 1. The van der Waals surface area contributed by atoms with Crippen molar-refractivity contribution in [1.29, 1.82) is 0 Å². The Morgan fingerprint density at radius 1 is 1.16 bits per heavy atom. The number of fused-ring (bicyclic) bond motifs is 1. The van der Waals surface area contributed by atoms with E-state index < -0.39 is 17.9 Å². The molecule has 1 unspecified atom stereocenters. The summed E-state index contributed by atoms with van der Waals surface area (Å²) in [7, 11) is 0. The van der Waals surface area contributed by atoms with E-state index in [1.54, 1.807) is 4.90 Å². The van der Waals surface area contributed by atoms with Crippen LogP contribution in [-0.4, -0.2) is 71.7 Å². The van der Waals surface area contributed by atoms with Crippen LogP contribution in [0.15, 0.2) is 22.6 Å². The number of nitrogens with zero attached hydrogens (tertiary/aromatic N) is 3. The van der Waals surface area contributed by atoms with E-state index in [2.05, 4.69) is 15.2 Å². The molecular weight excluding hydrogens is 428 g/mol. The molecule has 6 nitrogen and oxygen atoms in total. The number of alkyl halides is 4. The first kappa shape index (κ1) is 21.6. The molecule has 3 saturated heterocycles. The van der Waals surface area contributed by atoms with Gasteiger partial charge in [-0.3, -0.25) is 9.69 Å². The molecular formula is C22H26F4N4O2. The molecule has 3 fully saturated rings. The van der Waals surface area contributed by atoms with Crippen LogP contribution in [0.1, 0.15) is 43.1 Å². The van der Waals surface area contributed by atoms with Crippen LogP contribution in [0.3, 0.4) is 0 Å². The zero-order valence-corrected chi connectivity index (χ0v) is 17.6. The molecule has 3 aliphatic heterocycles. The summed E-state index contributed by atoms with van der Waals surface area (Å²) < 4.78 is 58.0. The normalized spacial score (nSPS) is 28.1. The van der Waals surface area contributed by atoms with E-state index in [0.29, 0.717) is 30.9 Å². The molecule has 174 valence electrons. The van der Waals surface area contributed by atoms with Crippen LogP contribution < -0.4 is 5.32 Å². The predicted molar refractivity (Wildman–Crippen MR) is 109 cm³/mol. The van der Waals surface area contributed by atoms with E-state index in [4.69, 9.17) is 4.42 Å². The molecule has 10 heteroatoms. The molecule has 1 aromatic heterocycles. The van der Waals surface area contributed by atoms with Gasteiger partial charge in [0.2, 0.25) is 5.91 Å². The number of amides is 1. The first-order valence-corrected chi connectivity index (χ1v) is 11.2. The molecule has 1 N–H and O–H groups in total. The maximum absolute atomic E-state index is 13.4. The molecule has 2 aromatic rings. The Bertz CT molecular complexity index is 986. The summed E-state index contributed by atoms with van der Waals surface area (Å²) in [5, 5.41) is 3.30. The molecule has 5 rings (SSSR count). The minimum Gasteiger partial charge on any atom is -0.440 e. The number of likely N-dealkylation sites (tertiary alicyclic amines) is 2. The van der Waals surface area contributed by atoms with Gasteiger partial charge in [-0.05, 0) is 57.0 Å². The van der Waals surface area contributed by atoms with Gasteiger partial charge in [0, 0.05) is 25.0 Å². The number of carbonyl (C=O) groups excluding carboxylic acids is 1. The van der Waals surface area contributed by atoms with E-state index in [9.17, 15) is 22.4 Å². The summed E-state index contributed by atoms with van der Waals surface area (Å²) in [6, 6.07) is 3.36. The molecule has 0 aliphatic carbocycles. The van der Waals surface area contributed by atoms with Gasteiger partial charge in [0.25, 0.3) is 0 Å². The highest BCUT2D eigenvalue weighted by Gasteiger charge is 2.38. The zero-order chi connectivity index (χ0) is 22.5. The van der Waals surface area contributed by atoms with Crippen molar-refractivity contribution in [2.45, 2.75) is 56.0 Å². The van der Waals surface area contributed by atoms with Crippen LogP contribution in [0.4, 0.5) is 17.6 Å². The SMILES string of the molecule is O=C([C@@H]1C[C@H](N2CCC(c3nc4cc(C(F)(F)F)ccc4o3)CC2)CN1)N1CCC(F)C1. The number of rotatable bonds is 3. The summed E-state index contributed by atoms with van der Waals surface area (Å²) in [4.78, 5) is 20.9. The van der Waals surface area contributed by atoms with Crippen molar-refractivity contribution < 1.29 is 26.8 Å². The van der Waals surface area contributed by atoms with Crippen molar-refractivity contribution in [3.63, 3.8) is 0 Å². The number of oxazole rings is 1. The number of nitrogens with one attached hydrogen (secondary N) is 1. The Morgan fingerprint density at radius 3 is 2.62 bits per heavy atom. The predicted octanol–water partition coefficient (Wildman–Crippen LogP) is 3.33. The van der Waals surface area contributed by atoms with Crippen LogP contribution >= 0.6 is 0 Å². The Morgan fingerprint density at radius 2 is 1.94 bits per heavy atom. The van der Waals surface area contributed by atoms with E-state index in [1.165, 1.54) is 6.07 Å². The van der Waals surface area contributed by atoms with Crippen LogP contribution in [0.5, 0.6) is 0 Å². The van der Waals surface area contributed by atoms with Crippen molar-refractivity contribution >= 4 is 17.0 Å². The molecule has 4 heterocycles. The number of piperidine rings is 1. The quantitative estimate of drug-likeness (QED) is 0.721. The fourth-order valence-corrected chi connectivity index (χ4v) is 5.13. The smallest absolute Gasteiger partial charge is 0.416 e. The van der Waals surface area contributed by atoms with Crippen molar-refractivity contribution in [2.75, 3.05) is 32.7 Å². The van der Waals surface area contributed by atoms with Gasteiger partial charge in [-0.2, -0.15) is 13.2 Å². The summed E-state index contributed by atoms with van der Waals surface area (Å²) in [5.74, 6) is 0.546. The average molecular weight is 454 g/mol. The third kappa shape index (κ3) is 4.22. The number of halogens is 4. The van der Waals surface area contributed by atoms with Crippen molar-refractivity contribution in [3.05, 3.63) is 29.7 Å². The monoisotopic (exact) mass is 454 g/mol. The highest BCUT2D eigenvalue weighted by Crippen LogP contribution is 2.35. The molecule has 0 radical (unpaired) electrons. The molecule has 0 spiro atoms. The number of aromatic nitrogens is 1. The maximum atomic E-state index is 13.4. The van der Waals surface area contributed by atoms with Crippen molar-refractivity contribution in [3.8, 4) is 0 Å². The average Bonchev–Trinajstić information content (AvgIpc) is 3.51. The van der Waals surface area contributed by atoms with Gasteiger partial charge in [0.15, 0.2) is 11.5 Å². The number of carbonyl (C=O) groups is 1. The van der Waals surface area contributed by atoms with Crippen LogP contribution in [0.2, 0.25) is 0 Å². The van der Waals surface area contributed by atoms with E-state index in [1.807, 2.05) is 0 Å². The third-order valence-corrected chi connectivity index (χ3v) is 6.97. The summed E-state index contributed by atoms with van der Waals surface area (Å²) in [6.45, 7) is 3.02. The van der Waals surface area contributed by atoms with Crippen LogP contribution in [0.25, 0.3) is 11.1 Å². The summed E-state index contributed by atoms with van der Waals surface area (Å²) in [6.07, 6.45) is -2.60. The summed E-state index contributed by atoms with van der Waals surface area (Å²) in [5.41, 5.74) is -0.126. The number of benzene rings is 1. The second kappa shape index (κ2) is 8.30. The van der Waals surface area contributed by atoms with Crippen molar-refractivity contribution in [1.82, 2.24) is 20.1 Å². The van der Waals surface area contributed by atoms with Gasteiger partial charge in [0.1, 0.15) is 11.7 Å². The first-order valence-electron chi connectivity index (χ1n) is 11.2. The Labute approximate surface area is 182 Å². The lowest BCUT2D eigenvalue weighted by Crippen LogP contribution is -2.43. The number of hydrogen-bond acceptors (Lipinski definition) is 5. The fourth-order valence-electron chi connectivity index (χ4n) is 5.13. The molecule has 0 saturated carbocycles. The third-order valence-electron chi connectivity index (χ3n) is 6.97. The largest absolute Gasteiger partial charge is 0.440 e. The standard InChI is InChI=1S/C22H26F4N4O2/c23-15-5-8-30(12-15)21(31)18-10-16(11-27-18)29-6-3-13(4-7-29)20-28-17-9-14(22(24,25)26)1-2-19(17)32-20/h1-2,9,13,15-16,18,27H,3-8,10-12H2/t15?,16-,18-/m0/s1. The van der Waals surface area contributed by atoms with E-state index >= 15 is 0 Å². The zero-order valence-electron chi connectivity index (χ0n) is 17.6. The molecule has 3 atom stereocenters. The lowest BCUT2D eigenvalue weighted by atomic mass is 9.95. The van der Waals surface area contributed by atoms with Gasteiger partial charge < -0.3 is 14.6 Å². The molecule has 1 aromatic carbocycles. The van der Waals surface area contributed by atoms with Gasteiger partial charge in [-0.1, -0.05) is 0 Å². The highest BCUT2D eigenvalue weighted by molar-refractivity contribution is 5.82. The van der Waals surface area contributed by atoms with Crippen LogP contribution in [0, 0.1) is 0 Å². The second-order valence-electron chi connectivity index (χ2n) is 9.06. The van der Waals surface area contributed by atoms with Gasteiger partial charge in [-0.15, -0.1) is 0 Å². The van der Waals surface area contributed by atoms with Gasteiger partial charge in [0.05, 0.1) is 18.2 Å². The van der Waals surface area contributed by atoms with E-state index in [-0.39, 0.29) is 36.0 Å². The molecule has 3 aliphatic rings. The summed E-state index contributed by atoms with van der Waals surface area (Å²) >= 11 is 0. The van der Waals surface area contributed by atoms with Gasteiger partial charge in [-0.25, -0.2) is 9.37 Å². The van der Waals surface area contributed by atoms with Crippen LogP contribution in [-0.2, 0) is 11.0 Å². The van der Waals surface area contributed by atoms with E-state index in [0.717, 1.165) is 44.6 Å². The lowest BCUT2D eigenvalue weighted by Gasteiger charge is -2.34. The molecule has 0 bridgehead atoms. The minimum atomic E-state index is -4.41. The Balaban J connectivity index is 1.17. The maximum Gasteiger partial charge on any atom is 0.416 e. The Kier molecular flexibility index (Phi) is 5.61.